The SMILES string of the molecule is CCOC(=S)SC(C)C1CN(C(=O)c2ccccc2)c2ccccc21. The van der Waals surface area contributed by atoms with E-state index in [0.717, 1.165) is 5.69 Å². The second kappa shape index (κ2) is 8.02. The highest BCUT2D eigenvalue weighted by molar-refractivity contribution is 8.23. The van der Waals surface area contributed by atoms with Crippen LogP contribution in [0.5, 0.6) is 0 Å². The van der Waals surface area contributed by atoms with Crippen molar-refractivity contribution in [3.63, 3.8) is 0 Å². The van der Waals surface area contributed by atoms with Crippen molar-refractivity contribution in [1.82, 2.24) is 0 Å². The summed E-state index contributed by atoms with van der Waals surface area (Å²) < 4.78 is 5.99. The predicted molar refractivity (Wildman–Crippen MR) is 109 cm³/mol. The van der Waals surface area contributed by atoms with Crippen LogP contribution in [0.15, 0.2) is 54.6 Å². The summed E-state index contributed by atoms with van der Waals surface area (Å²) in [6.45, 7) is 5.32. The van der Waals surface area contributed by atoms with E-state index in [1.54, 1.807) is 11.8 Å². The summed E-state index contributed by atoms with van der Waals surface area (Å²) in [5.41, 5.74) is 2.91. The van der Waals surface area contributed by atoms with Crippen LogP contribution in [0.4, 0.5) is 5.69 Å². The molecule has 130 valence electrons. The topological polar surface area (TPSA) is 29.5 Å². The molecule has 0 saturated heterocycles. The smallest absolute Gasteiger partial charge is 0.258 e. The molecule has 1 aliphatic heterocycles. The van der Waals surface area contributed by atoms with Crippen molar-refractivity contribution in [3.8, 4) is 0 Å². The van der Waals surface area contributed by atoms with E-state index < -0.39 is 0 Å². The summed E-state index contributed by atoms with van der Waals surface area (Å²) in [6.07, 6.45) is 0. The highest BCUT2D eigenvalue weighted by atomic mass is 32.2. The molecule has 2 unspecified atom stereocenters. The number of para-hydroxylation sites is 1. The fraction of sp³-hybridized carbons (Fsp3) is 0.300. The summed E-state index contributed by atoms with van der Waals surface area (Å²) >= 11 is 6.85. The first kappa shape index (κ1) is 18.0. The molecule has 5 heteroatoms. The number of carbonyl (C=O) groups is 1. The van der Waals surface area contributed by atoms with Crippen LogP contribution in [-0.2, 0) is 4.74 Å². The van der Waals surface area contributed by atoms with Crippen LogP contribution in [0, 0.1) is 0 Å². The van der Waals surface area contributed by atoms with Crippen LogP contribution in [0.1, 0.15) is 35.7 Å². The number of thioether (sulfide) groups is 1. The van der Waals surface area contributed by atoms with E-state index in [1.807, 2.05) is 60.4 Å². The van der Waals surface area contributed by atoms with Crippen LogP contribution >= 0.6 is 24.0 Å². The van der Waals surface area contributed by atoms with Gasteiger partial charge in [-0.3, -0.25) is 4.79 Å². The molecule has 1 amide bonds. The van der Waals surface area contributed by atoms with Crippen molar-refractivity contribution in [1.29, 1.82) is 0 Å². The zero-order valence-corrected chi connectivity index (χ0v) is 16.0. The Morgan fingerprint density at radius 3 is 2.64 bits per heavy atom. The molecule has 0 aromatic heterocycles. The van der Waals surface area contributed by atoms with E-state index in [1.165, 1.54) is 5.56 Å². The number of rotatable bonds is 4. The Bertz CT molecular complexity index is 763. The number of nitrogens with zero attached hydrogens (tertiary/aromatic N) is 1. The molecular formula is C20H21NO2S2. The number of fused-ring (bicyclic) bond motifs is 1. The molecule has 2 aromatic carbocycles. The van der Waals surface area contributed by atoms with Crippen molar-refractivity contribution < 1.29 is 9.53 Å². The molecule has 0 spiro atoms. The van der Waals surface area contributed by atoms with E-state index in [-0.39, 0.29) is 17.1 Å². The highest BCUT2D eigenvalue weighted by Gasteiger charge is 2.36. The molecule has 2 aromatic rings. The normalized spacial score (nSPS) is 17.0. The third-order valence-corrected chi connectivity index (χ3v) is 5.80. The monoisotopic (exact) mass is 371 g/mol. The minimum absolute atomic E-state index is 0.0418. The highest BCUT2D eigenvalue weighted by Crippen LogP contribution is 2.42. The minimum atomic E-state index is 0.0418. The maximum Gasteiger partial charge on any atom is 0.258 e. The molecule has 3 rings (SSSR count). The van der Waals surface area contributed by atoms with Crippen molar-refractivity contribution in [2.24, 2.45) is 0 Å². The van der Waals surface area contributed by atoms with Gasteiger partial charge in [0.05, 0.1) is 6.61 Å². The number of hydrogen-bond donors (Lipinski definition) is 0. The van der Waals surface area contributed by atoms with Crippen molar-refractivity contribution in [2.45, 2.75) is 25.0 Å². The van der Waals surface area contributed by atoms with Gasteiger partial charge >= 0.3 is 0 Å². The summed E-state index contributed by atoms with van der Waals surface area (Å²) in [5, 5.41) is 0.230. The molecule has 2 atom stereocenters. The molecule has 0 fully saturated rings. The van der Waals surface area contributed by atoms with Crippen molar-refractivity contribution in [2.75, 3.05) is 18.1 Å². The van der Waals surface area contributed by atoms with Crippen LogP contribution in [0.2, 0.25) is 0 Å². The van der Waals surface area contributed by atoms with Crippen molar-refractivity contribution in [3.05, 3.63) is 65.7 Å². The molecule has 0 saturated carbocycles. The maximum absolute atomic E-state index is 13.0. The van der Waals surface area contributed by atoms with Gasteiger partial charge in [-0.25, -0.2) is 0 Å². The second-order valence-electron chi connectivity index (χ2n) is 5.95. The van der Waals surface area contributed by atoms with Gasteiger partial charge in [0, 0.05) is 29.0 Å². The molecule has 0 aliphatic carbocycles. The summed E-state index contributed by atoms with van der Waals surface area (Å²) in [4.78, 5) is 14.9. The van der Waals surface area contributed by atoms with E-state index in [2.05, 4.69) is 13.0 Å². The molecule has 1 aliphatic rings. The Balaban J connectivity index is 1.84. The van der Waals surface area contributed by atoms with Crippen LogP contribution in [-0.4, -0.2) is 28.7 Å². The zero-order valence-electron chi connectivity index (χ0n) is 14.3. The molecule has 25 heavy (non-hydrogen) atoms. The van der Waals surface area contributed by atoms with E-state index >= 15 is 0 Å². The standard InChI is InChI=1S/C20H21NO2S2/c1-3-23-20(24)25-14(2)17-13-21(18-12-8-7-11-16(17)18)19(22)15-9-5-4-6-10-15/h4-12,14,17H,3,13H2,1-2H3. The lowest BCUT2D eigenvalue weighted by molar-refractivity contribution is 0.0988. The number of thiocarbonyl (C=S) groups is 1. The van der Waals surface area contributed by atoms with E-state index in [9.17, 15) is 4.79 Å². The van der Waals surface area contributed by atoms with Gasteiger partial charge in [-0.2, -0.15) is 0 Å². The van der Waals surface area contributed by atoms with Gasteiger partial charge in [0.15, 0.2) is 0 Å². The summed E-state index contributed by atoms with van der Waals surface area (Å²) in [5.74, 6) is 0.271. The first-order chi connectivity index (χ1) is 12.1. The quantitative estimate of drug-likeness (QED) is 0.717. The fourth-order valence-electron chi connectivity index (χ4n) is 3.16. The predicted octanol–water partition coefficient (Wildman–Crippen LogP) is 4.87. The van der Waals surface area contributed by atoms with Gasteiger partial charge < -0.3 is 9.64 Å². The number of anilines is 1. The largest absolute Gasteiger partial charge is 0.479 e. The van der Waals surface area contributed by atoms with Crippen molar-refractivity contribution >= 4 is 40.0 Å². The molecule has 0 N–H and O–H groups in total. The Hall–Kier alpha value is -1.85. The Morgan fingerprint density at radius 2 is 1.92 bits per heavy atom. The Labute approximate surface area is 158 Å². The minimum Gasteiger partial charge on any atom is -0.479 e. The van der Waals surface area contributed by atoms with Crippen LogP contribution in [0.25, 0.3) is 0 Å². The van der Waals surface area contributed by atoms with E-state index in [0.29, 0.717) is 23.1 Å². The van der Waals surface area contributed by atoms with E-state index in [4.69, 9.17) is 17.0 Å². The average molecular weight is 372 g/mol. The maximum atomic E-state index is 13.0. The zero-order chi connectivity index (χ0) is 17.8. The summed E-state index contributed by atoms with van der Waals surface area (Å²) in [7, 11) is 0. The first-order valence-electron chi connectivity index (χ1n) is 8.41. The lowest BCUT2D eigenvalue weighted by Gasteiger charge is -2.21. The van der Waals surface area contributed by atoms with Gasteiger partial charge in [0.2, 0.25) is 4.38 Å². The third kappa shape index (κ3) is 3.88. The Morgan fingerprint density at radius 1 is 1.24 bits per heavy atom. The fourth-order valence-corrected chi connectivity index (χ4v) is 4.62. The van der Waals surface area contributed by atoms with Gasteiger partial charge in [-0.15, -0.1) is 0 Å². The molecule has 1 heterocycles. The number of hydrogen-bond acceptors (Lipinski definition) is 4. The van der Waals surface area contributed by atoms with Gasteiger partial charge in [0.25, 0.3) is 5.91 Å². The van der Waals surface area contributed by atoms with Gasteiger partial charge in [-0.05, 0) is 42.9 Å². The number of carbonyl (C=O) groups excluding carboxylic acids is 1. The number of ether oxygens (including phenoxy) is 1. The molecular weight excluding hydrogens is 350 g/mol. The van der Waals surface area contributed by atoms with Crippen LogP contribution in [0.3, 0.4) is 0 Å². The third-order valence-electron chi connectivity index (χ3n) is 4.38. The molecule has 0 radical (unpaired) electrons. The molecule has 0 bridgehead atoms. The lowest BCUT2D eigenvalue weighted by atomic mass is 9.98. The average Bonchev–Trinajstić information content (AvgIpc) is 3.02. The molecule has 3 nitrogen and oxygen atoms in total. The lowest BCUT2D eigenvalue weighted by Crippen LogP contribution is -2.31. The summed E-state index contributed by atoms with van der Waals surface area (Å²) in [6, 6.07) is 17.6. The number of amides is 1. The van der Waals surface area contributed by atoms with Gasteiger partial charge in [-0.1, -0.05) is 55.1 Å². The first-order valence-corrected chi connectivity index (χ1v) is 9.69. The second-order valence-corrected chi connectivity index (χ2v) is 7.93. The van der Waals surface area contributed by atoms with Gasteiger partial charge in [0.1, 0.15) is 0 Å². The Kier molecular flexibility index (Phi) is 5.76. The van der Waals surface area contributed by atoms with Crippen LogP contribution < -0.4 is 4.90 Å². The number of benzene rings is 2.